The molecule has 2 atom stereocenters. The van der Waals surface area contributed by atoms with Gasteiger partial charge in [-0.15, -0.1) is 0 Å². The molecule has 2 rings (SSSR count). The van der Waals surface area contributed by atoms with E-state index < -0.39 is 23.5 Å². The van der Waals surface area contributed by atoms with Crippen LogP contribution in [0.25, 0.3) is 0 Å². The molecule has 3 N–H and O–H groups in total. The van der Waals surface area contributed by atoms with Crippen molar-refractivity contribution in [2.24, 2.45) is 5.92 Å². The summed E-state index contributed by atoms with van der Waals surface area (Å²) in [5.41, 5.74) is -1.19. The van der Waals surface area contributed by atoms with Crippen LogP contribution in [0.3, 0.4) is 0 Å². The molecule has 1 aliphatic carbocycles. The topological polar surface area (TPSA) is 95.5 Å². The van der Waals surface area contributed by atoms with Crippen LogP contribution in [-0.4, -0.2) is 46.0 Å². The highest BCUT2D eigenvalue weighted by Gasteiger charge is 2.44. The molecule has 21 heavy (non-hydrogen) atoms. The molecule has 0 bridgehead atoms. The largest absolute Gasteiger partial charge is 0.479 e. The third kappa shape index (κ3) is 3.70. The summed E-state index contributed by atoms with van der Waals surface area (Å²) in [7, 11) is 0. The molecule has 1 saturated heterocycles. The number of nitrogens with one attached hydrogen (secondary N) is 2. The maximum absolute atomic E-state index is 12.2. The minimum Gasteiger partial charge on any atom is -0.479 e. The van der Waals surface area contributed by atoms with Gasteiger partial charge in [-0.1, -0.05) is 12.8 Å². The molecule has 1 aliphatic heterocycles. The van der Waals surface area contributed by atoms with E-state index in [0.29, 0.717) is 12.2 Å². The van der Waals surface area contributed by atoms with E-state index in [1.807, 2.05) is 0 Å². The zero-order chi connectivity index (χ0) is 15.5. The van der Waals surface area contributed by atoms with Crippen LogP contribution in [-0.2, 0) is 14.4 Å². The van der Waals surface area contributed by atoms with Gasteiger partial charge in [0.25, 0.3) is 0 Å². The van der Waals surface area contributed by atoms with E-state index in [0.717, 1.165) is 31.4 Å². The number of amides is 2. The van der Waals surface area contributed by atoms with Crippen LogP contribution in [0.1, 0.15) is 39.0 Å². The lowest BCUT2D eigenvalue weighted by atomic mass is 9.98. The number of carbonyl (C=O) groups is 3. The van der Waals surface area contributed by atoms with Gasteiger partial charge in [0.05, 0.1) is 0 Å². The number of carboxylic acid groups (broad SMARTS) is 1. The van der Waals surface area contributed by atoms with Gasteiger partial charge in [0.15, 0.2) is 0 Å². The molecule has 0 aromatic carbocycles. The number of carboxylic acids is 1. The molecule has 6 nitrogen and oxygen atoms in total. The fraction of sp³-hybridized carbons (Fsp3) is 0.786. The first-order valence-electron chi connectivity index (χ1n) is 7.38. The molecule has 0 radical (unpaired) electrons. The monoisotopic (exact) mass is 314 g/mol. The number of hydrogen-bond donors (Lipinski definition) is 3. The molecule has 1 saturated carbocycles. The second-order valence-corrected chi connectivity index (χ2v) is 7.00. The van der Waals surface area contributed by atoms with Gasteiger partial charge in [0.2, 0.25) is 11.8 Å². The van der Waals surface area contributed by atoms with Crippen LogP contribution < -0.4 is 10.6 Å². The molecule has 118 valence electrons. The van der Waals surface area contributed by atoms with Gasteiger partial charge in [-0.2, -0.15) is 11.8 Å². The van der Waals surface area contributed by atoms with Crippen molar-refractivity contribution in [1.82, 2.24) is 10.6 Å². The van der Waals surface area contributed by atoms with Gasteiger partial charge in [-0.25, -0.2) is 4.79 Å². The van der Waals surface area contributed by atoms with Crippen molar-refractivity contribution >= 4 is 29.5 Å². The zero-order valence-corrected chi connectivity index (χ0v) is 13.0. The minimum atomic E-state index is -1.19. The van der Waals surface area contributed by atoms with Gasteiger partial charge in [-0.05, 0) is 31.9 Å². The molecule has 0 aromatic rings. The first-order valence-corrected chi connectivity index (χ1v) is 8.54. The lowest BCUT2D eigenvalue weighted by molar-refractivity contribution is -0.146. The highest BCUT2D eigenvalue weighted by atomic mass is 32.2. The van der Waals surface area contributed by atoms with E-state index in [4.69, 9.17) is 0 Å². The van der Waals surface area contributed by atoms with E-state index in [9.17, 15) is 19.5 Å². The van der Waals surface area contributed by atoms with Gasteiger partial charge in [-0.3, -0.25) is 9.59 Å². The Morgan fingerprint density at radius 1 is 1.29 bits per heavy atom. The Morgan fingerprint density at radius 2 is 1.95 bits per heavy atom. The van der Waals surface area contributed by atoms with E-state index in [2.05, 4.69) is 10.6 Å². The predicted octanol–water partition coefficient (Wildman–Crippen LogP) is 0.758. The van der Waals surface area contributed by atoms with Crippen LogP contribution in [0.15, 0.2) is 0 Å². The average molecular weight is 314 g/mol. The number of thioether (sulfide) groups is 1. The quantitative estimate of drug-likeness (QED) is 0.696. The Morgan fingerprint density at radius 3 is 2.48 bits per heavy atom. The normalized spacial score (nSPS) is 27.3. The maximum atomic E-state index is 12.2. The number of carbonyl (C=O) groups excluding carboxylic acids is 2. The summed E-state index contributed by atoms with van der Waals surface area (Å²) in [5.74, 6) is -0.440. The Bertz CT molecular complexity index is 429. The Labute approximate surface area is 128 Å². The highest BCUT2D eigenvalue weighted by molar-refractivity contribution is 7.99. The molecular formula is C14H22N2O4S. The average Bonchev–Trinajstić information content (AvgIpc) is 3.10. The van der Waals surface area contributed by atoms with Crippen LogP contribution in [0.2, 0.25) is 0 Å². The van der Waals surface area contributed by atoms with Crippen molar-refractivity contribution < 1.29 is 19.5 Å². The van der Waals surface area contributed by atoms with Gasteiger partial charge in [0, 0.05) is 11.7 Å². The molecule has 1 heterocycles. The Balaban J connectivity index is 1.89. The molecule has 2 amide bonds. The van der Waals surface area contributed by atoms with Gasteiger partial charge >= 0.3 is 5.97 Å². The molecule has 2 aliphatic rings. The zero-order valence-electron chi connectivity index (χ0n) is 12.2. The Hall–Kier alpha value is -1.24. The van der Waals surface area contributed by atoms with Crippen LogP contribution >= 0.6 is 11.8 Å². The van der Waals surface area contributed by atoms with Crippen molar-refractivity contribution in [3.8, 4) is 0 Å². The summed E-state index contributed by atoms with van der Waals surface area (Å²) >= 11 is 1.51. The smallest absolute Gasteiger partial charge is 0.330 e. The lowest BCUT2D eigenvalue weighted by Gasteiger charge is -2.27. The number of hydrogen-bond acceptors (Lipinski definition) is 4. The fourth-order valence-corrected chi connectivity index (χ4v) is 4.14. The molecule has 2 fully saturated rings. The standard InChI is InChI=1S/C14H22N2O4S/c1-9(15-12(18)10-4-2-3-5-10)11(17)16-14(13(19)20)6-7-21-8-14/h9-10H,2-8H2,1H3,(H,15,18)(H,16,17)(H,19,20). The minimum absolute atomic E-state index is 0.00396. The second kappa shape index (κ2) is 6.68. The van der Waals surface area contributed by atoms with Gasteiger partial charge < -0.3 is 15.7 Å². The summed E-state index contributed by atoms with van der Waals surface area (Å²) in [6.07, 6.45) is 4.27. The van der Waals surface area contributed by atoms with Crippen molar-refractivity contribution in [2.75, 3.05) is 11.5 Å². The summed E-state index contributed by atoms with van der Waals surface area (Å²) in [6.45, 7) is 1.60. The highest BCUT2D eigenvalue weighted by Crippen LogP contribution is 2.28. The summed E-state index contributed by atoms with van der Waals surface area (Å²) in [6, 6.07) is -0.708. The maximum Gasteiger partial charge on any atom is 0.330 e. The predicted molar refractivity (Wildman–Crippen MR) is 80.0 cm³/mol. The summed E-state index contributed by atoms with van der Waals surface area (Å²) < 4.78 is 0. The van der Waals surface area contributed by atoms with Crippen molar-refractivity contribution in [3.63, 3.8) is 0 Å². The SMILES string of the molecule is CC(NC(=O)C1CCCC1)C(=O)NC1(C(=O)O)CCSC1. The third-order valence-corrected chi connectivity index (χ3v) is 5.46. The van der Waals surface area contributed by atoms with Crippen LogP contribution in [0, 0.1) is 5.92 Å². The number of rotatable bonds is 5. The molecular weight excluding hydrogens is 292 g/mol. The van der Waals surface area contributed by atoms with E-state index in [1.165, 1.54) is 11.8 Å². The van der Waals surface area contributed by atoms with E-state index >= 15 is 0 Å². The van der Waals surface area contributed by atoms with E-state index in [-0.39, 0.29) is 11.8 Å². The molecule has 2 unspecified atom stereocenters. The van der Waals surface area contributed by atoms with Crippen LogP contribution in [0.5, 0.6) is 0 Å². The van der Waals surface area contributed by atoms with Crippen molar-refractivity contribution in [2.45, 2.75) is 50.6 Å². The fourth-order valence-electron chi connectivity index (χ4n) is 2.81. The second-order valence-electron chi connectivity index (χ2n) is 5.89. The van der Waals surface area contributed by atoms with E-state index in [1.54, 1.807) is 6.92 Å². The molecule has 0 aromatic heterocycles. The summed E-state index contributed by atoms with van der Waals surface area (Å²) in [4.78, 5) is 35.6. The van der Waals surface area contributed by atoms with Gasteiger partial charge in [0.1, 0.15) is 11.6 Å². The lowest BCUT2D eigenvalue weighted by Crippen LogP contribution is -2.59. The third-order valence-electron chi connectivity index (χ3n) is 4.27. The number of aliphatic carboxylic acids is 1. The first-order chi connectivity index (χ1) is 9.94. The van der Waals surface area contributed by atoms with Crippen molar-refractivity contribution in [1.29, 1.82) is 0 Å². The summed E-state index contributed by atoms with van der Waals surface area (Å²) in [5, 5.41) is 14.6. The molecule has 7 heteroatoms. The first kappa shape index (κ1) is 16.1. The van der Waals surface area contributed by atoms with Crippen molar-refractivity contribution in [3.05, 3.63) is 0 Å². The van der Waals surface area contributed by atoms with Crippen LogP contribution in [0.4, 0.5) is 0 Å². The molecule has 0 spiro atoms. The Kier molecular flexibility index (Phi) is 5.13.